The molecule has 7 nitrogen and oxygen atoms in total. The molecule has 0 heterocycles. The minimum Gasteiger partial charge on any atom is -0.497 e. The minimum atomic E-state index is -4.00. The van der Waals surface area contributed by atoms with Gasteiger partial charge in [0.2, 0.25) is 10.0 Å². The number of primary sulfonamides is 1. The van der Waals surface area contributed by atoms with Gasteiger partial charge >= 0.3 is 0 Å². The van der Waals surface area contributed by atoms with Gasteiger partial charge in [0, 0.05) is 12.1 Å². The maximum absolute atomic E-state index is 12.2. The first-order valence-electron chi connectivity index (χ1n) is 6.97. The number of nitrogens with one attached hydrogen (secondary N) is 1. The zero-order chi connectivity index (χ0) is 17.7. The van der Waals surface area contributed by atoms with E-state index in [4.69, 9.17) is 14.6 Å². The fraction of sp³-hybridized carbons (Fsp3) is 0.188. The summed E-state index contributed by atoms with van der Waals surface area (Å²) in [7, 11) is -1.10. The molecular weight excluding hydrogens is 332 g/mol. The maximum atomic E-state index is 12.2. The topological polar surface area (TPSA) is 108 Å². The van der Waals surface area contributed by atoms with Crippen molar-refractivity contribution in [1.82, 2.24) is 5.32 Å². The van der Waals surface area contributed by atoms with Crippen molar-refractivity contribution in [2.45, 2.75) is 11.4 Å². The lowest BCUT2D eigenvalue weighted by Crippen LogP contribution is -2.23. The fourth-order valence-corrected chi connectivity index (χ4v) is 2.79. The molecular formula is C16H18N2O5S. The van der Waals surface area contributed by atoms with Crippen LogP contribution in [-0.2, 0) is 16.6 Å². The largest absolute Gasteiger partial charge is 0.497 e. The third-order valence-electron chi connectivity index (χ3n) is 3.34. The lowest BCUT2D eigenvalue weighted by atomic mass is 10.2. The van der Waals surface area contributed by atoms with Gasteiger partial charge in [-0.25, -0.2) is 13.6 Å². The summed E-state index contributed by atoms with van der Waals surface area (Å²) in [5, 5.41) is 7.86. The van der Waals surface area contributed by atoms with Crippen LogP contribution in [-0.4, -0.2) is 28.5 Å². The molecule has 0 saturated heterocycles. The maximum Gasteiger partial charge on any atom is 0.251 e. The number of nitrogens with two attached hydrogens (primary N) is 1. The van der Waals surface area contributed by atoms with E-state index in [0.717, 1.165) is 11.3 Å². The van der Waals surface area contributed by atoms with Crippen LogP contribution in [0.3, 0.4) is 0 Å². The number of sulfonamides is 1. The number of amides is 1. The van der Waals surface area contributed by atoms with E-state index in [0.29, 0.717) is 6.54 Å². The Hall–Kier alpha value is -2.58. The van der Waals surface area contributed by atoms with Gasteiger partial charge in [0.05, 0.1) is 14.2 Å². The third-order valence-corrected chi connectivity index (χ3v) is 4.28. The van der Waals surface area contributed by atoms with Crippen molar-refractivity contribution in [2.24, 2.45) is 5.14 Å². The molecule has 0 spiro atoms. The SMILES string of the molecule is COc1ccc(CNC(=O)c2ccc(OC)c(S(N)(=O)=O)c2)cc1. The number of carbonyl (C=O) groups is 1. The Morgan fingerprint density at radius 3 is 2.29 bits per heavy atom. The van der Waals surface area contributed by atoms with Gasteiger partial charge in [-0.05, 0) is 35.9 Å². The number of methoxy groups -OCH3 is 2. The highest BCUT2D eigenvalue weighted by molar-refractivity contribution is 7.89. The van der Waals surface area contributed by atoms with E-state index in [-0.39, 0.29) is 16.2 Å². The van der Waals surface area contributed by atoms with E-state index in [9.17, 15) is 13.2 Å². The molecule has 2 rings (SSSR count). The van der Waals surface area contributed by atoms with Crippen molar-refractivity contribution >= 4 is 15.9 Å². The van der Waals surface area contributed by atoms with Crippen LogP contribution < -0.4 is 19.9 Å². The van der Waals surface area contributed by atoms with E-state index in [1.807, 2.05) is 12.1 Å². The molecule has 128 valence electrons. The highest BCUT2D eigenvalue weighted by Gasteiger charge is 2.18. The van der Waals surface area contributed by atoms with Crippen molar-refractivity contribution in [3.8, 4) is 11.5 Å². The number of carbonyl (C=O) groups excluding carboxylic acids is 1. The first kappa shape index (κ1) is 17.8. The third kappa shape index (κ3) is 4.24. The Morgan fingerprint density at radius 2 is 1.75 bits per heavy atom. The second kappa shape index (κ2) is 7.33. The quantitative estimate of drug-likeness (QED) is 0.816. The van der Waals surface area contributed by atoms with Gasteiger partial charge in [0.1, 0.15) is 16.4 Å². The summed E-state index contributed by atoms with van der Waals surface area (Å²) < 4.78 is 33.2. The van der Waals surface area contributed by atoms with Crippen molar-refractivity contribution in [2.75, 3.05) is 14.2 Å². The predicted molar refractivity (Wildman–Crippen MR) is 88.5 cm³/mol. The molecule has 3 N–H and O–H groups in total. The van der Waals surface area contributed by atoms with Gasteiger partial charge in [-0.1, -0.05) is 12.1 Å². The molecule has 0 aromatic heterocycles. The Balaban J connectivity index is 2.14. The standard InChI is InChI=1S/C16H18N2O5S/c1-22-13-6-3-11(4-7-13)10-18-16(19)12-5-8-14(23-2)15(9-12)24(17,20)21/h3-9H,10H2,1-2H3,(H,18,19)(H2,17,20,21). The minimum absolute atomic E-state index is 0.0872. The smallest absolute Gasteiger partial charge is 0.251 e. The van der Waals surface area contributed by atoms with Gasteiger partial charge in [-0.3, -0.25) is 4.79 Å². The van der Waals surface area contributed by atoms with Crippen LogP contribution in [0.1, 0.15) is 15.9 Å². The van der Waals surface area contributed by atoms with Gasteiger partial charge in [-0.15, -0.1) is 0 Å². The number of benzene rings is 2. The first-order valence-corrected chi connectivity index (χ1v) is 8.51. The number of hydrogen-bond donors (Lipinski definition) is 2. The highest BCUT2D eigenvalue weighted by Crippen LogP contribution is 2.23. The molecule has 2 aromatic rings. The summed E-state index contributed by atoms with van der Waals surface area (Å²) in [5.74, 6) is 0.389. The predicted octanol–water partition coefficient (Wildman–Crippen LogP) is 1.28. The lowest BCUT2D eigenvalue weighted by Gasteiger charge is -2.10. The van der Waals surface area contributed by atoms with Crippen LogP contribution in [0.4, 0.5) is 0 Å². The summed E-state index contributed by atoms with van der Waals surface area (Å²) in [6.45, 7) is 0.291. The molecule has 0 bridgehead atoms. The van der Waals surface area contributed by atoms with Gasteiger partial charge in [0.25, 0.3) is 5.91 Å². The van der Waals surface area contributed by atoms with Crippen LogP contribution in [0.5, 0.6) is 11.5 Å². The average molecular weight is 350 g/mol. The normalized spacial score (nSPS) is 11.0. The molecule has 0 unspecified atom stereocenters. The Labute approximate surface area is 140 Å². The second-order valence-electron chi connectivity index (χ2n) is 4.94. The van der Waals surface area contributed by atoms with Crippen LogP contribution in [0.2, 0.25) is 0 Å². The highest BCUT2D eigenvalue weighted by atomic mass is 32.2. The second-order valence-corrected chi connectivity index (χ2v) is 6.47. The summed E-state index contributed by atoms with van der Waals surface area (Å²) in [4.78, 5) is 12.0. The summed E-state index contributed by atoms with van der Waals surface area (Å²) in [5.41, 5.74) is 1.05. The Bertz CT molecular complexity index is 832. The van der Waals surface area contributed by atoms with Crippen molar-refractivity contribution < 1.29 is 22.7 Å². The molecule has 2 aromatic carbocycles. The molecule has 8 heteroatoms. The van der Waals surface area contributed by atoms with E-state index in [1.165, 1.54) is 25.3 Å². The molecule has 0 atom stereocenters. The van der Waals surface area contributed by atoms with Gasteiger partial charge in [-0.2, -0.15) is 0 Å². The molecule has 0 radical (unpaired) electrons. The van der Waals surface area contributed by atoms with Crippen LogP contribution >= 0.6 is 0 Å². The van der Waals surface area contributed by atoms with E-state index < -0.39 is 15.9 Å². The fourth-order valence-electron chi connectivity index (χ4n) is 2.07. The number of rotatable bonds is 6. The molecule has 0 aliphatic heterocycles. The van der Waals surface area contributed by atoms with Crippen LogP contribution in [0.15, 0.2) is 47.4 Å². The van der Waals surface area contributed by atoms with E-state index in [1.54, 1.807) is 19.2 Å². The Morgan fingerprint density at radius 1 is 1.08 bits per heavy atom. The molecule has 24 heavy (non-hydrogen) atoms. The van der Waals surface area contributed by atoms with Crippen molar-refractivity contribution in [3.05, 3.63) is 53.6 Å². The average Bonchev–Trinajstić information content (AvgIpc) is 2.58. The molecule has 0 saturated carbocycles. The molecule has 0 aliphatic rings. The summed E-state index contributed by atoms with van der Waals surface area (Å²) >= 11 is 0. The molecule has 1 amide bonds. The van der Waals surface area contributed by atoms with Crippen LogP contribution in [0, 0.1) is 0 Å². The number of ether oxygens (including phenoxy) is 2. The van der Waals surface area contributed by atoms with E-state index >= 15 is 0 Å². The Kier molecular flexibility index (Phi) is 5.42. The van der Waals surface area contributed by atoms with Crippen molar-refractivity contribution in [1.29, 1.82) is 0 Å². The lowest BCUT2D eigenvalue weighted by molar-refractivity contribution is 0.0950. The number of hydrogen-bond acceptors (Lipinski definition) is 5. The first-order chi connectivity index (χ1) is 11.3. The molecule has 0 fully saturated rings. The monoisotopic (exact) mass is 350 g/mol. The molecule has 0 aliphatic carbocycles. The summed E-state index contributed by atoms with van der Waals surface area (Å²) in [6, 6.07) is 11.3. The van der Waals surface area contributed by atoms with Gasteiger partial charge in [0.15, 0.2) is 0 Å². The zero-order valence-electron chi connectivity index (χ0n) is 13.3. The van der Waals surface area contributed by atoms with Gasteiger partial charge < -0.3 is 14.8 Å². The van der Waals surface area contributed by atoms with Crippen LogP contribution in [0.25, 0.3) is 0 Å². The summed E-state index contributed by atoms with van der Waals surface area (Å²) in [6.07, 6.45) is 0. The zero-order valence-corrected chi connectivity index (χ0v) is 14.1. The van der Waals surface area contributed by atoms with E-state index in [2.05, 4.69) is 5.32 Å². The van der Waals surface area contributed by atoms with Crippen molar-refractivity contribution in [3.63, 3.8) is 0 Å².